The summed E-state index contributed by atoms with van der Waals surface area (Å²) in [6, 6.07) is 11.3. The van der Waals surface area contributed by atoms with E-state index in [0.29, 0.717) is 75.9 Å². The first-order chi connectivity index (χ1) is 22.6. The van der Waals surface area contributed by atoms with Gasteiger partial charge >= 0.3 is 0 Å². The molecule has 8 nitrogen and oxygen atoms in total. The van der Waals surface area contributed by atoms with Crippen molar-refractivity contribution in [2.45, 2.75) is 116 Å². The number of rotatable bonds is 16. The highest BCUT2D eigenvalue weighted by molar-refractivity contribution is 5.44. The van der Waals surface area contributed by atoms with Crippen LogP contribution in [0.3, 0.4) is 0 Å². The second-order valence-corrected chi connectivity index (χ2v) is 12.2. The van der Waals surface area contributed by atoms with E-state index in [0.717, 1.165) is 49.7 Å². The average molecular weight is 645 g/mol. The third kappa shape index (κ3) is 14.9. The number of unbranched alkanes of at least 4 members (excludes halogenated alkanes) is 10. The van der Waals surface area contributed by atoms with Crippen molar-refractivity contribution in [3.63, 3.8) is 0 Å². The molecule has 8 heteroatoms. The maximum absolute atomic E-state index is 10.8. The van der Waals surface area contributed by atoms with E-state index in [1.807, 2.05) is 36.4 Å². The van der Waals surface area contributed by atoms with Crippen LogP contribution < -0.4 is 18.9 Å². The molecule has 0 fully saturated rings. The molecule has 2 atom stereocenters. The molecule has 0 saturated heterocycles. The molecule has 0 saturated carbocycles. The number of benzene rings is 2. The lowest BCUT2D eigenvalue weighted by Gasteiger charge is -2.18. The van der Waals surface area contributed by atoms with Gasteiger partial charge in [-0.1, -0.05) is 103 Å². The standard InChI is InChI=1S/C38H60O8/c1-3-5-7-9-11-13-15-33(39)31-17-19-35-37(29-31)45-27-23-41-22-26-44-36-20-18-32(34(40)16-14-12-10-8-6-4-2)30-38(36)46-28-24-42-21-25-43-35/h17-20,29-30,33-34,39-40H,3-16,21-28H2,1-2H3/t33-,34+. The molecule has 260 valence electrons. The largest absolute Gasteiger partial charge is 0.487 e. The molecule has 0 spiro atoms. The fourth-order valence-electron chi connectivity index (χ4n) is 5.54. The van der Waals surface area contributed by atoms with Crippen LogP contribution >= 0.6 is 0 Å². The first kappa shape index (κ1) is 37.9. The Morgan fingerprint density at radius 1 is 0.457 bits per heavy atom. The first-order valence-electron chi connectivity index (χ1n) is 17.9. The molecule has 46 heavy (non-hydrogen) atoms. The van der Waals surface area contributed by atoms with Gasteiger partial charge in [-0.3, -0.25) is 0 Å². The van der Waals surface area contributed by atoms with Gasteiger partial charge in [0.15, 0.2) is 23.0 Å². The summed E-state index contributed by atoms with van der Waals surface area (Å²) < 4.78 is 35.7. The molecule has 1 heterocycles. The van der Waals surface area contributed by atoms with Gasteiger partial charge in [0, 0.05) is 0 Å². The summed E-state index contributed by atoms with van der Waals surface area (Å²) in [7, 11) is 0. The van der Waals surface area contributed by atoms with Crippen LogP contribution in [0.4, 0.5) is 0 Å². The quantitative estimate of drug-likeness (QED) is 0.176. The van der Waals surface area contributed by atoms with E-state index < -0.39 is 12.2 Å². The van der Waals surface area contributed by atoms with Crippen LogP contribution in [0.15, 0.2) is 36.4 Å². The summed E-state index contributed by atoms with van der Waals surface area (Å²) in [4.78, 5) is 0. The highest BCUT2D eigenvalue weighted by Gasteiger charge is 2.15. The third-order valence-electron chi connectivity index (χ3n) is 8.31. The molecule has 3 rings (SSSR count). The number of aliphatic hydroxyl groups excluding tert-OH is 2. The summed E-state index contributed by atoms with van der Waals surface area (Å²) in [6.07, 6.45) is 14.7. The van der Waals surface area contributed by atoms with Crippen molar-refractivity contribution in [1.82, 2.24) is 0 Å². The van der Waals surface area contributed by atoms with Crippen LogP contribution in [0.5, 0.6) is 23.0 Å². The van der Waals surface area contributed by atoms with Gasteiger partial charge in [-0.15, -0.1) is 0 Å². The van der Waals surface area contributed by atoms with Crippen LogP contribution in [0.25, 0.3) is 0 Å². The van der Waals surface area contributed by atoms with Crippen molar-refractivity contribution >= 4 is 0 Å². The highest BCUT2D eigenvalue weighted by Crippen LogP contribution is 2.34. The summed E-state index contributed by atoms with van der Waals surface area (Å²) in [5.74, 6) is 2.40. The van der Waals surface area contributed by atoms with Crippen molar-refractivity contribution in [1.29, 1.82) is 0 Å². The minimum absolute atomic E-state index is 0.337. The Kier molecular flexibility index (Phi) is 19.6. The predicted molar refractivity (Wildman–Crippen MR) is 182 cm³/mol. The van der Waals surface area contributed by atoms with E-state index >= 15 is 0 Å². The highest BCUT2D eigenvalue weighted by atomic mass is 16.6. The molecule has 1 aliphatic rings. The normalized spacial score (nSPS) is 16.3. The molecule has 0 bridgehead atoms. The first-order valence-corrected chi connectivity index (χ1v) is 17.9. The number of fused-ring (bicyclic) bond motifs is 2. The Labute approximate surface area is 277 Å². The Hall–Kier alpha value is -2.52. The average Bonchev–Trinajstić information content (AvgIpc) is 3.07. The Balaban J connectivity index is 1.51. The molecule has 0 unspecified atom stereocenters. The lowest BCUT2D eigenvalue weighted by Crippen LogP contribution is -2.15. The van der Waals surface area contributed by atoms with Crippen LogP contribution in [0, 0.1) is 0 Å². The van der Waals surface area contributed by atoms with Crippen molar-refractivity contribution in [2.24, 2.45) is 0 Å². The van der Waals surface area contributed by atoms with E-state index in [4.69, 9.17) is 28.4 Å². The number of ether oxygens (including phenoxy) is 6. The SMILES string of the molecule is CCCCCCCC[C@@H](O)c1ccc2c(c1)OCCOCCOc1ccc([C@@H](O)CCCCCCCC)cc1OCCOCCO2. The minimum Gasteiger partial charge on any atom is -0.487 e. The topological polar surface area (TPSA) is 95.8 Å². The fourth-order valence-corrected chi connectivity index (χ4v) is 5.54. The third-order valence-corrected chi connectivity index (χ3v) is 8.31. The predicted octanol–water partition coefficient (Wildman–Crippen LogP) is 8.52. The van der Waals surface area contributed by atoms with E-state index in [9.17, 15) is 10.2 Å². The molecule has 2 aromatic carbocycles. The summed E-state index contributed by atoms with van der Waals surface area (Å²) in [6.45, 7) is 7.34. The van der Waals surface area contributed by atoms with E-state index in [2.05, 4.69) is 13.8 Å². The monoisotopic (exact) mass is 644 g/mol. The molecule has 0 radical (unpaired) electrons. The van der Waals surface area contributed by atoms with Gasteiger partial charge in [0.2, 0.25) is 0 Å². The van der Waals surface area contributed by atoms with Crippen molar-refractivity contribution < 1.29 is 38.6 Å². The molecule has 2 N–H and O–H groups in total. The van der Waals surface area contributed by atoms with Crippen LogP contribution in [-0.2, 0) is 9.47 Å². The number of hydrogen-bond acceptors (Lipinski definition) is 8. The van der Waals surface area contributed by atoms with Crippen LogP contribution in [0.1, 0.15) is 127 Å². The molecule has 0 aliphatic carbocycles. The molecule has 2 aromatic rings. The van der Waals surface area contributed by atoms with Crippen molar-refractivity contribution in [2.75, 3.05) is 52.9 Å². The van der Waals surface area contributed by atoms with E-state index in [1.54, 1.807) is 0 Å². The van der Waals surface area contributed by atoms with Crippen LogP contribution in [0.2, 0.25) is 0 Å². The summed E-state index contributed by atoms with van der Waals surface area (Å²) in [5.41, 5.74) is 1.66. The Bertz CT molecular complexity index is 977. The molecular weight excluding hydrogens is 584 g/mol. The second-order valence-electron chi connectivity index (χ2n) is 12.2. The van der Waals surface area contributed by atoms with Crippen LogP contribution in [-0.4, -0.2) is 63.1 Å². The van der Waals surface area contributed by atoms with Crippen molar-refractivity contribution in [3.8, 4) is 23.0 Å². The van der Waals surface area contributed by atoms with Gasteiger partial charge in [-0.2, -0.15) is 0 Å². The molecule has 0 aromatic heterocycles. The molecule has 1 aliphatic heterocycles. The zero-order chi connectivity index (χ0) is 32.7. The summed E-state index contributed by atoms with van der Waals surface area (Å²) in [5, 5.41) is 21.6. The number of aliphatic hydroxyl groups is 2. The second kappa shape index (κ2) is 23.7. The van der Waals surface area contributed by atoms with Gasteiger partial charge in [0.1, 0.15) is 26.4 Å². The smallest absolute Gasteiger partial charge is 0.161 e. The van der Waals surface area contributed by atoms with E-state index in [-0.39, 0.29) is 0 Å². The number of hydrogen-bond donors (Lipinski definition) is 2. The minimum atomic E-state index is -0.535. The Morgan fingerprint density at radius 3 is 1.20 bits per heavy atom. The van der Waals surface area contributed by atoms with Gasteiger partial charge < -0.3 is 38.6 Å². The maximum atomic E-state index is 10.8. The lowest BCUT2D eigenvalue weighted by molar-refractivity contribution is 0.0637. The molecule has 0 amide bonds. The molecular formula is C38H60O8. The zero-order valence-electron chi connectivity index (χ0n) is 28.5. The Morgan fingerprint density at radius 2 is 0.804 bits per heavy atom. The zero-order valence-corrected chi connectivity index (χ0v) is 28.5. The van der Waals surface area contributed by atoms with Gasteiger partial charge in [0.05, 0.1) is 38.6 Å². The maximum Gasteiger partial charge on any atom is 0.161 e. The van der Waals surface area contributed by atoms with Gasteiger partial charge in [-0.05, 0) is 48.2 Å². The van der Waals surface area contributed by atoms with Crippen molar-refractivity contribution in [3.05, 3.63) is 47.5 Å². The fraction of sp³-hybridized carbons (Fsp3) is 0.684. The van der Waals surface area contributed by atoms with Gasteiger partial charge in [0.25, 0.3) is 0 Å². The van der Waals surface area contributed by atoms with E-state index in [1.165, 1.54) is 51.4 Å². The summed E-state index contributed by atoms with van der Waals surface area (Å²) >= 11 is 0. The van der Waals surface area contributed by atoms with Gasteiger partial charge in [-0.25, -0.2) is 0 Å². The lowest BCUT2D eigenvalue weighted by atomic mass is 10.0.